The van der Waals surface area contributed by atoms with Gasteiger partial charge in [0.1, 0.15) is 0 Å². The number of nitrogens with one attached hydrogen (secondary N) is 4. The van der Waals surface area contributed by atoms with Gasteiger partial charge in [0, 0.05) is 72.2 Å². The summed E-state index contributed by atoms with van der Waals surface area (Å²) in [7, 11) is 0. The van der Waals surface area contributed by atoms with E-state index in [-0.39, 0.29) is 57.9 Å². The van der Waals surface area contributed by atoms with Crippen LogP contribution in [0.25, 0.3) is 56.5 Å². The first-order chi connectivity index (χ1) is 30.4. The number of aromatic amines is 2. The second-order valence-electron chi connectivity index (χ2n) is 15.6. The number of rotatable bonds is 22. The zero-order chi connectivity index (χ0) is 46.8. The highest BCUT2D eigenvalue weighted by atomic mass is 16.4. The quantitative estimate of drug-likeness (QED) is 0.0630. The summed E-state index contributed by atoms with van der Waals surface area (Å²) in [5.74, 6) is -5.51. The molecule has 0 atom stereocenters. The Morgan fingerprint density at radius 3 is 1.45 bits per heavy atom. The summed E-state index contributed by atoms with van der Waals surface area (Å²) >= 11 is 0. The number of carboxylic acid groups (broad SMARTS) is 4. The minimum Gasteiger partial charge on any atom is -0.481 e. The lowest BCUT2D eigenvalue weighted by molar-refractivity contribution is -0.143. The molecule has 2 amide bonds. The first-order valence-corrected chi connectivity index (χ1v) is 20.6. The van der Waals surface area contributed by atoms with E-state index in [4.69, 9.17) is 20.2 Å². The van der Waals surface area contributed by atoms with Gasteiger partial charge in [-0.05, 0) is 98.2 Å². The molecule has 5 heterocycles. The van der Waals surface area contributed by atoms with Gasteiger partial charge in [-0.3, -0.25) is 38.6 Å². The maximum Gasteiger partial charge on any atom is 0.317 e. The van der Waals surface area contributed by atoms with Crippen LogP contribution in [0.3, 0.4) is 0 Å². The molecule has 0 spiro atoms. The van der Waals surface area contributed by atoms with Crippen molar-refractivity contribution in [2.24, 2.45) is 0 Å². The van der Waals surface area contributed by atoms with Gasteiger partial charge in [-0.2, -0.15) is 0 Å². The van der Waals surface area contributed by atoms with E-state index in [1.807, 2.05) is 52.0 Å². The van der Waals surface area contributed by atoms with E-state index in [9.17, 15) is 39.0 Å². The number of amides is 2. The summed E-state index contributed by atoms with van der Waals surface area (Å²) in [6.07, 6.45) is 4.09. The Morgan fingerprint density at radius 2 is 0.984 bits per heavy atom. The van der Waals surface area contributed by atoms with Gasteiger partial charge in [-0.25, -0.2) is 9.97 Å². The topological polar surface area (TPSA) is 271 Å². The molecule has 0 aliphatic carbocycles. The number of allylic oxidation sites excluding steroid dienone is 4. The number of aromatic nitrogens is 4. The average Bonchev–Trinajstić information content (AvgIpc) is 3.88. The lowest BCUT2D eigenvalue weighted by atomic mass is 9.98. The number of carboxylic acids is 4. The van der Waals surface area contributed by atoms with E-state index in [2.05, 4.69) is 33.8 Å². The maximum atomic E-state index is 13.2. The highest BCUT2D eigenvalue weighted by molar-refractivity contribution is 5.97. The normalized spacial score (nSPS) is 12.5. The first kappa shape index (κ1) is 47.9. The molecule has 0 aromatic carbocycles. The average molecular weight is 879 g/mol. The molecule has 8 N–H and O–H groups in total. The van der Waals surface area contributed by atoms with Crippen LogP contribution in [0.5, 0.6) is 0 Å². The third-order valence-electron chi connectivity index (χ3n) is 11.2. The molecule has 64 heavy (non-hydrogen) atoms. The zero-order valence-corrected chi connectivity index (χ0v) is 36.4. The number of hydrogen-bond donors (Lipinski definition) is 8. The van der Waals surface area contributed by atoms with Crippen molar-refractivity contribution < 1.29 is 49.2 Å². The number of hydrogen-bond acceptors (Lipinski definition) is 10. The van der Waals surface area contributed by atoms with E-state index in [1.165, 1.54) is 4.90 Å². The van der Waals surface area contributed by atoms with Crippen LogP contribution < -0.4 is 10.6 Å². The van der Waals surface area contributed by atoms with E-state index >= 15 is 0 Å². The number of carbonyl (C=O) groups excluding carboxylic acids is 2. The number of H-pyrrole nitrogens is 2. The number of aliphatic carboxylic acids is 4. The van der Waals surface area contributed by atoms with Crippen molar-refractivity contribution in [3.05, 3.63) is 82.5 Å². The molecule has 0 saturated carbocycles. The molecular formula is C46H54N8O10. The molecule has 18 heteroatoms. The van der Waals surface area contributed by atoms with Crippen molar-refractivity contribution in [3.63, 3.8) is 0 Å². The molecule has 8 bridgehead atoms. The smallest absolute Gasteiger partial charge is 0.317 e. The van der Waals surface area contributed by atoms with E-state index < -0.39 is 49.4 Å². The molecule has 338 valence electrons. The van der Waals surface area contributed by atoms with Gasteiger partial charge in [0.25, 0.3) is 0 Å². The van der Waals surface area contributed by atoms with Crippen LogP contribution in [-0.4, -0.2) is 138 Å². The molecule has 0 fully saturated rings. The second-order valence-corrected chi connectivity index (χ2v) is 15.6. The molecule has 0 radical (unpaired) electrons. The summed E-state index contributed by atoms with van der Waals surface area (Å²) in [6, 6.07) is 7.78. The summed E-state index contributed by atoms with van der Waals surface area (Å²) in [5, 5.41) is 42.6. The Labute approximate surface area is 369 Å². The van der Waals surface area contributed by atoms with Gasteiger partial charge >= 0.3 is 23.9 Å². The third-order valence-corrected chi connectivity index (χ3v) is 11.2. The second kappa shape index (κ2) is 21.3. The van der Waals surface area contributed by atoms with Crippen LogP contribution >= 0.6 is 0 Å². The fourth-order valence-electron chi connectivity index (χ4n) is 7.81. The van der Waals surface area contributed by atoms with Crippen LogP contribution in [-0.2, 0) is 28.8 Å². The van der Waals surface area contributed by atoms with Gasteiger partial charge in [0.15, 0.2) is 0 Å². The molecule has 3 aromatic rings. The zero-order valence-electron chi connectivity index (χ0n) is 36.4. The predicted octanol–water partition coefficient (Wildman–Crippen LogP) is 4.81. The van der Waals surface area contributed by atoms with Crippen LogP contribution in [0.4, 0.5) is 0 Å². The Bertz CT molecular complexity index is 2620. The first-order valence-electron chi connectivity index (χ1n) is 20.6. The summed E-state index contributed by atoms with van der Waals surface area (Å²) in [4.78, 5) is 91.0. The van der Waals surface area contributed by atoms with Gasteiger partial charge in [-0.1, -0.05) is 25.3 Å². The third kappa shape index (κ3) is 12.0. The van der Waals surface area contributed by atoms with E-state index in [1.54, 1.807) is 12.2 Å². The molecule has 18 nitrogen and oxygen atoms in total. The summed E-state index contributed by atoms with van der Waals surface area (Å²) < 4.78 is 0. The fraction of sp³-hybridized carbons (Fsp3) is 0.348. The molecule has 2 aliphatic rings. The van der Waals surface area contributed by atoms with Crippen LogP contribution in [0.1, 0.15) is 84.6 Å². The lowest BCUT2D eigenvalue weighted by Crippen LogP contribution is -2.46. The van der Waals surface area contributed by atoms with Crippen LogP contribution in [0.2, 0.25) is 0 Å². The summed E-state index contributed by atoms with van der Waals surface area (Å²) in [6.45, 7) is 13.9. The van der Waals surface area contributed by atoms with Crippen molar-refractivity contribution in [2.45, 2.75) is 53.4 Å². The minimum atomic E-state index is -1.25. The standard InChI is InChI=1S/C46H54N8O10/c1-7-29-25(3)33-17-34-27(5)31(9-11-41(55)47-13-14-48-42(56)21-53(22-44(59)60)15-16-54(23-45(61)62)24-46(63)64)39(51-34)20-40-32(10-12-43(57)58)28(6)36(52-40)19-38-30(8-2)26(4)35(50-38)18-37(29)49-33/h7-8,17-20,49-50H,1-2,9-16,21-24H2,3-6H3,(H,47,55)(H,48,56)(H,57,58)(H,59,60)(H,61,62)(H,63,64). The number of nitrogens with zero attached hydrogens (tertiary/aromatic N) is 4. The molecular weight excluding hydrogens is 825 g/mol. The maximum absolute atomic E-state index is 13.2. The Balaban J connectivity index is 1.38. The molecule has 5 rings (SSSR count). The Hall–Kier alpha value is -7.18. The number of aryl methyl sites for hydroxylation is 2. The molecule has 0 unspecified atom stereocenters. The number of carbonyl (C=O) groups is 6. The van der Waals surface area contributed by atoms with Crippen molar-refractivity contribution in [1.29, 1.82) is 0 Å². The van der Waals surface area contributed by atoms with E-state index in [0.717, 1.165) is 71.5 Å². The Kier molecular flexibility index (Phi) is 15.9. The molecule has 2 aliphatic heterocycles. The molecule has 3 aromatic heterocycles. The van der Waals surface area contributed by atoms with Crippen molar-refractivity contribution in [3.8, 4) is 0 Å². The van der Waals surface area contributed by atoms with E-state index in [0.29, 0.717) is 29.2 Å². The van der Waals surface area contributed by atoms with Gasteiger partial charge < -0.3 is 41.0 Å². The van der Waals surface area contributed by atoms with Crippen molar-refractivity contribution in [2.75, 3.05) is 52.4 Å². The van der Waals surface area contributed by atoms with Gasteiger partial charge in [0.2, 0.25) is 11.8 Å². The SMILES string of the molecule is C=Cc1c(C)c2cc3[nH]c(cc4nc(cc5nc(cc1[nH]2)C(C)=C5CCC(=O)O)C(CCC(=O)NCCNC(=O)CN(CCN(CC(=O)O)CC(=O)O)CC(=O)O)=C4C)c(C)c3C=C. The highest BCUT2D eigenvalue weighted by Gasteiger charge is 2.24. The molecule has 0 saturated heterocycles. The van der Waals surface area contributed by atoms with Crippen LogP contribution in [0, 0.1) is 13.8 Å². The van der Waals surface area contributed by atoms with Gasteiger partial charge in [-0.15, -0.1) is 0 Å². The van der Waals surface area contributed by atoms with Crippen molar-refractivity contribution >= 4 is 92.2 Å². The highest BCUT2D eigenvalue weighted by Crippen LogP contribution is 2.38. The summed E-state index contributed by atoms with van der Waals surface area (Å²) in [5.41, 5.74) is 12.9. The largest absolute Gasteiger partial charge is 0.481 e. The van der Waals surface area contributed by atoms with Crippen molar-refractivity contribution in [1.82, 2.24) is 40.4 Å². The monoisotopic (exact) mass is 878 g/mol. The Morgan fingerprint density at radius 1 is 0.562 bits per heavy atom. The lowest BCUT2D eigenvalue weighted by Gasteiger charge is -2.24. The number of fused-ring (bicyclic) bond motifs is 8. The fourth-order valence-corrected chi connectivity index (χ4v) is 7.81. The van der Waals surface area contributed by atoms with Crippen LogP contribution in [0.15, 0.2) is 37.4 Å². The van der Waals surface area contributed by atoms with Gasteiger partial charge in [0.05, 0.1) is 49.0 Å². The predicted molar refractivity (Wildman–Crippen MR) is 244 cm³/mol. The minimum absolute atomic E-state index is 0.0321.